The molecule has 0 saturated carbocycles. The van der Waals surface area contributed by atoms with Gasteiger partial charge in [-0.25, -0.2) is 4.79 Å². The lowest BCUT2D eigenvalue weighted by molar-refractivity contribution is -0.132. The van der Waals surface area contributed by atoms with Crippen molar-refractivity contribution in [2.45, 2.75) is 45.6 Å². The van der Waals surface area contributed by atoms with Crippen molar-refractivity contribution in [3.63, 3.8) is 0 Å². The number of rotatable bonds is 4. The number of benzene rings is 1. The number of fused-ring (bicyclic) bond motifs is 1. The number of alkyl carbamates (subject to hydrolysis) is 1. The van der Waals surface area contributed by atoms with Crippen LogP contribution in [0.3, 0.4) is 0 Å². The summed E-state index contributed by atoms with van der Waals surface area (Å²) in [5, 5.41) is 2.82. The number of ether oxygens (including phenoxy) is 3. The molecule has 2 heterocycles. The average Bonchev–Trinajstić information content (AvgIpc) is 3.06. The highest BCUT2D eigenvalue weighted by Crippen LogP contribution is 2.32. The van der Waals surface area contributed by atoms with Crippen molar-refractivity contribution in [1.29, 1.82) is 0 Å². The molecular weight excluding hydrogens is 348 g/mol. The Kier molecular flexibility index (Phi) is 5.77. The van der Waals surface area contributed by atoms with E-state index in [1.807, 2.05) is 43.9 Å². The predicted octanol–water partition coefficient (Wildman–Crippen LogP) is 2.72. The molecule has 0 radical (unpaired) electrons. The summed E-state index contributed by atoms with van der Waals surface area (Å²) in [7, 11) is 0. The van der Waals surface area contributed by atoms with Crippen LogP contribution in [0.25, 0.3) is 0 Å². The minimum absolute atomic E-state index is 0.0934. The summed E-state index contributed by atoms with van der Waals surface area (Å²) >= 11 is 0. The molecule has 1 fully saturated rings. The van der Waals surface area contributed by atoms with E-state index in [2.05, 4.69) is 5.32 Å². The largest absolute Gasteiger partial charge is 0.454 e. The molecule has 2 amide bonds. The van der Waals surface area contributed by atoms with Crippen LogP contribution in [0.15, 0.2) is 18.2 Å². The van der Waals surface area contributed by atoms with Crippen molar-refractivity contribution < 1.29 is 23.8 Å². The van der Waals surface area contributed by atoms with Crippen LogP contribution >= 0.6 is 0 Å². The van der Waals surface area contributed by atoms with E-state index in [4.69, 9.17) is 14.2 Å². The molecule has 0 aromatic heterocycles. The zero-order chi connectivity index (χ0) is 19.4. The molecule has 7 nitrogen and oxygen atoms in total. The number of piperidine rings is 1. The van der Waals surface area contributed by atoms with Gasteiger partial charge in [-0.2, -0.15) is 0 Å². The number of nitrogens with one attached hydrogen (secondary N) is 1. The minimum atomic E-state index is -0.511. The molecule has 0 unspecified atom stereocenters. The SMILES string of the molecule is CC(C)(C)OC(=O)NC[C@@H]1CCCN(C(=O)Cc2ccc3c(c2)OCO3)C1. The first-order valence-corrected chi connectivity index (χ1v) is 9.43. The molecule has 1 N–H and O–H groups in total. The Labute approximate surface area is 160 Å². The topological polar surface area (TPSA) is 77.1 Å². The molecule has 1 atom stereocenters. The normalized spacial score (nSPS) is 18.9. The highest BCUT2D eigenvalue weighted by atomic mass is 16.7. The number of carbonyl (C=O) groups excluding carboxylic acids is 2. The van der Waals surface area contributed by atoms with E-state index in [-0.39, 0.29) is 18.6 Å². The van der Waals surface area contributed by atoms with E-state index in [1.54, 1.807) is 0 Å². The standard InChI is InChI=1S/C20H28N2O5/c1-20(2,3)27-19(24)21-11-15-5-4-8-22(12-15)18(23)10-14-6-7-16-17(9-14)26-13-25-16/h6-7,9,15H,4-5,8,10-13H2,1-3H3,(H,21,24)/t15-/m0/s1. The summed E-state index contributed by atoms with van der Waals surface area (Å²) in [4.78, 5) is 26.4. The van der Waals surface area contributed by atoms with Gasteiger partial charge in [-0.3, -0.25) is 4.79 Å². The molecule has 7 heteroatoms. The van der Waals surface area contributed by atoms with Crippen LogP contribution in [0.5, 0.6) is 11.5 Å². The fraction of sp³-hybridized carbons (Fsp3) is 0.600. The van der Waals surface area contributed by atoms with E-state index in [9.17, 15) is 9.59 Å². The maximum atomic E-state index is 12.7. The number of hydrogen-bond acceptors (Lipinski definition) is 5. The van der Waals surface area contributed by atoms with Gasteiger partial charge in [0.15, 0.2) is 11.5 Å². The van der Waals surface area contributed by atoms with Gasteiger partial charge >= 0.3 is 6.09 Å². The quantitative estimate of drug-likeness (QED) is 0.874. The number of likely N-dealkylation sites (tertiary alicyclic amines) is 1. The van der Waals surface area contributed by atoms with Crippen molar-refractivity contribution in [2.24, 2.45) is 5.92 Å². The maximum absolute atomic E-state index is 12.7. The molecule has 0 spiro atoms. The lowest BCUT2D eigenvalue weighted by Crippen LogP contribution is -2.44. The number of amides is 2. The predicted molar refractivity (Wildman–Crippen MR) is 99.8 cm³/mol. The molecule has 1 saturated heterocycles. The molecule has 148 valence electrons. The number of hydrogen-bond donors (Lipinski definition) is 1. The first kappa shape index (κ1) is 19.3. The number of carbonyl (C=O) groups is 2. The van der Waals surface area contributed by atoms with Crippen LogP contribution in [-0.2, 0) is 16.0 Å². The smallest absolute Gasteiger partial charge is 0.407 e. The van der Waals surface area contributed by atoms with E-state index >= 15 is 0 Å². The van der Waals surface area contributed by atoms with Gasteiger partial charge in [-0.05, 0) is 57.2 Å². The zero-order valence-electron chi connectivity index (χ0n) is 16.2. The van der Waals surface area contributed by atoms with Gasteiger partial charge < -0.3 is 24.4 Å². The van der Waals surface area contributed by atoms with Crippen molar-refractivity contribution >= 4 is 12.0 Å². The summed E-state index contributed by atoms with van der Waals surface area (Å²) < 4.78 is 15.9. The van der Waals surface area contributed by atoms with Crippen LogP contribution in [0.1, 0.15) is 39.2 Å². The second-order valence-corrected chi connectivity index (χ2v) is 8.10. The first-order chi connectivity index (χ1) is 12.8. The van der Waals surface area contributed by atoms with E-state index in [0.717, 1.165) is 30.7 Å². The summed E-state index contributed by atoms with van der Waals surface area (Å²) in [5.41, 5.74) is 0.404. The monoisotopic (exact) mass is 376 g/mol. The minimum Gasteiger partial charge on any atom is -0.454 e. The Morgan fingerprint density at radius 3 is 2.81 bits per heavy atom. The summed E-state index contributed by atoms with van der Waals surface area (Å²) in [5.74, 6) is 1.75. The molecule has 0 bridgehead atoms. The Morgan fingerprint density at radius 1 is 1.26 bits per heavy atom. The molecule has 2 aliphatic heterocycles. The Hall–Kier alpha value is -2.44. The molecule has 0 aliphatic carbocycles. The summed E-state index contributed by atoms with van der Waals surface area (Å²) in [6.07, 6.45) is 1.85. The van der Waals surface area contributed by atoms with Crippen LogP contribution in [0, 0.1) is 5.92 Å². The third-order valence-corrected chi connectivity index (χ3v) is 4.60. The fourth-order valence-corrected chi connectivity index (χ4v) is 3.34. The second kappa shape index (κ2) is 8.06. The molecule has 1 aromatic carbocycles. The fourth-order valence-electron chi connectivity index (χ4n) is 3.34. The second-order valence-electron chi connectivity index (χ2n) is 8.10. The Balaban J connectivity index is 1.48. The highest BCUT2D eigenvalue weighted by molar-refractivity contribution is 5.79. The zero-order valence-corrected chi connectivity index (χ0v) is 16.2. The van der Waals surface area contributed by atoms with E-state index < -0.39 is 11.7 Å². The van der Waals surface area contributed by atoms with Gasteiger partial charge in [-0.1, -0.05) is 6.07 Å². The third-order valence-electron chi connectivity index (χ3n) is 4.60. The molecular formula is C20H28N2O5. The van der Waals surface area contributed by atoms with Crippen LogP contribution in [0.4, 0.5) is 4.79 Å². The Morgan fingerprint density at radius 2 is 2.04 bits per heavy atom. The Bertz CT molecular complexity index is 698. The van der Waals surface area contributed by atoms with Crippen molar-refractivity contribution in [3.8, 4) is 11.5 Å². The van der Waals surface area contributed by atoms with Crippen molar-refractivity contribution in [1.82, 2.24) is 10.2 Å². The summed E-state index contributed by atoms with van der Waals surface area (Å²) in [6.45, 7) is 7.66. The molecule has 3 rings (SSSR count). The maximum Gasteiger partial charge on any atom is 0.407 e. The van der Waals surface area contributed by atoms with E-state index in [0.29, 0.717) is 25.3 Å². The average molecular weight is 376 g/mol. The van der Waals surface area contributed by atoms with Crippen molar-refractivity contribution in [2.75, 3.05) is 26.4 Å². The lowest BCUT2D eigenvalue weighted by Gasteiger charge is -2.33. The highest BCUT2D eigenvalue weighted by Gasteiger charge is 2.25. The van der Waals surface area contributed by atoms with Crippen LogP contribution < -0.4 is 14.8 Å². The van der Waals surface area contributed by atoms with Gasteiger partial charge in [0.25, 0.3) is 0 Å². The third kappa shape index (κ3) is 5.52. The van der Waals surface area contributed by atoms with Gasteiger partial charge in [-0.15, -0.1) is 0 Å². The van der Waals surface area contributed by atoms with Crippen LogP contribution in [-0.4, -0.2) is 48.9 Å². The van der Waals surface area contributed by atoms with Gasteiger partial charge in [0, 0.05) is 19.6 Å². The first-order valence-electron chi connectivity index (χ1n) is 9.43. The van der Waals surface area contributed by atoms with Crippen molar-refractivity contribution in [3.05, 3.63) is 23.8 Å². The van der Waals surface area contributed by atoms with Gasteiger partial charge in [0.05, 0.1) is 6.42 Å². The molecule has 1 aromatic rings. The molecule has 2 aliphatic rings. The summed E-state index contributed by atoms with van der Waals surface area (Å²) in [6, 6.07) is 5.61. The van der Waals surface area contributed by atoms with Gasteiger partial charge in [0.2, 0.25) is 12.7 Å². The lowest BCUT2D eigenvalue weighted by atomic mass is 9.97. The van der Waals surface area contributed by atoms with E-state index in [1.165, 1.54) is 0 Å². The van der Waals surface area contributed by atoms with Crippen LogP contribution in [0.2, 0.25) is 0 Å². The van der Waals surface area contributed by atoms with Gasteiger partial charge in [0.1, 0.15) is 5.60 Å². The number of nitrogens with zero attached hydrogens (tertiary/aromatic N) is 1. The molecule has 27 heavy (non-hydrogen) atoms.